The molecule has 1 aliphatic rings. The molecular formula is C14H19N3S. The molecule has 0 aromatic carbocycles. The van der Waals surface area contributed by atoms with Gasteiger partial charge in [0.25, 0.3) is 0 Å². The minimum Gasteiger partial charge on any atom is -0.311 e. The normalized spacial score (nSPS) is 19.7. The van der Waals surface area contributed by atoms with Crippen molar-refractivity contribution in [2.75, 3.05) is 6.54 Å². The number of aromatic nitrogens is 2. The molecule has 2 heterocycles. The molecule has 3 rings (SSSR count). The summed E-state index contributed by atoms with van der Waals surface area (Å²) in [4.78, 5) is 5.67. The molecule has 1 atom stereocenters. The van der Waals surface area contributed by atoms with Gasteiger partial charge in [0.15, 0.2) is 4.96 Å². The van der Waals surface area contributed by atoms with Gasteiger partial charge in [0.2, 0.25) is 0 Å². The second-order valence-corrected chi connectivity index (χ2v) is 5.85. The average molecular weight is 261 g/mol. The molecule has 2 aromatic rings. The van der Waals surface area contributed by atoms with Crippen LogP contribution in [-0.4, -0.2) is 15.9 Å². The third-order valence-corrected chi connectivity index (χ3v) is 4.42. The van der Waals surface area contributed by atoms with Crippen molar-refractivity contribution in [3.05, 3.63) is 35.1 Å². The van der Waals surface area contributed by atoms with Crippen LogP contribution in [0, 0.1) is 12.8 Å². The molecule has 96 valence electrons. The second-order valence-electron chi connectivity index (χ2n) is 4.98. The third kappa shape index (κ3) is 2.35. The van der Waals surface area contributed by atoms with E-state index in [4.69, 9.17) is 0 Å². The number of nitrogens with one attached hydrogen (secondary N) is 1. The van der Waals surface area contributed by atoms with E-state index in [9.17, 15) is 0 Å². The van der Waals surface area contributed by atoms with E-state index in [-0.39, 0.29) is 0 Å². The Morgan fingerprint density at radius 2 is 2.44 bits per heavy atom. The van der Waals surface area contributed by atoms with Crippen molar-refractivity contribution in [2.45, 2.75) is 32.7 Å². The van der Waals surface area contributed by atoms with Crippen LogP contribution in [0.5, 0.6) is 0 Å². The number of rotatable bonds is 4. The Balaban J connectivity index is 1.60. The van der Waals surface area contributed by atoms with Gasteiger partial charge in [0.1, 0.15) is 0 Å². The lowest BCUT2D eigenvalue weighted by atomic mass is 9.94. The summed E-state index contributed by atoms with van der Waals surface area (Å²) in [6, 6.07) is 0. The highest BCUT2D eigenvalue weighted by molar-refractivity contribution is 7.15. The molecule has 1 unspecified atom stereocenters. The van der Waals surface area contributed by atoms with Gasteiger partial charge < -0.3 is 5.32 Å². The fourth-order valence-corrected chi connectivity index (χ4v) is 3.37. The van der Waals surface area contributed by atoms with Crippen molar-refractivity contribution in [1.82, 2.24) is 14.7 Å². The zero-order chi connectivity index (χ0) is 12.4. The summed E-state index contributed by atoms with van der Waals surface area (Å²) >= 11 is 1.70. The molecule has 0 bridgehead atoms. The van der Waals surface area contributed by atoms with Crippen LogP contribution in [0.3, 0.4) is 0 Å². The molecule has 0 amide bonds. The fraction of sp³-hybridized carbons (Fsp3) is 0.500. The van der Waals surface area contributed by atoms with E-state index in [0.717, 1.165) is 29.7 Å². The zero-order valence-corrected chi connectivity index (χ0v) is 11.5. The predicted octanol–water partition coefficient (Wildman–Crippen LogP) is 3.15. The van der Waals surface area contributed by atoms with Gasteiger partial charge in [-0.1, -0.05) is 12.2 Å². The zero-order valence-electron chi connectivity index (χ0n) is 10.7. The van der Waals surface area contributed by atoms with Crippen LogP contribution in [0.1, 0.15) is 30.7 Å². The molecule has 2 aromatic heterocycles. The molecule has 0 radical (unpaired) electrons. The number of imidazole rings is 1. The van der Waals surface area contributed by atoms with Crippen LogP contribution in [0.25, 0.3) is 4.96 Å². The van der Waals surface area contributed by atoms with Crippen molar-refractivity contribution in [1.29, 1.82) is 0 Å². The first kappa shape index (κ1) is 11.9. The van der Waals surface area contributed by atoms with Crippen molar-refractivity contribution < 1.29 is 0 Å². The average Bonchev–Trinajstić information content (AvgIpc) is 2.93. The fourth-order valence-electron chi connectivity index (χ4n) is 2.59. The van der Waals surface area contributed by atoms with Gasteiger partial charge in [-0.05, 0) is 38.6 Å². The summed E-state index contributed by atoms with van der Waals surface area (Å²) in [6.45, 7) is 4.13. The van der Waals surface area contributed by atoms with E-state index >= 15 is 0 Å². The van der Waals surface area contributed by atoms with Crippen LogP contribution in [0.15, 0.2) is 23.7 Å². The number of aryl methyl sites for hydroxylation is 1. The van der Waals surface area contributed by atoms with E-state index in [0.29, 0.717) is 0 Å². The summed E-state index contributed by atoms with van der Waals surface area (Å²) in [7, 11) is 0. The number of fused-ring (bicyclic) bond motifs is 1. The van der Waals surface area contributed by atoms with Gasteiger partial charge in [0.05, 0.1) is 11.4 Å². The lowest BCUT2D eigenvalue weighted by molar-refractivity contribution is 0.438. The highest BCUT2D eigenvalue weighted by atomic mass is 32.1. The molecule has 18 heavy (non-hydrogen) atoms. The van der Waals surface area contributed by atoms with Gasteiger partial charge in [-0.25, -0.2) is 4.98 Å². The first-order chi connectivity index (χ1) is 8.84. The molecule has 1 N–H and O–H groups in total. The summed E-state index contributed by atoms with van der Waals surface area (Å²) < 4.78 is 2.20. The van der Waals surface area contributed by atoms with Crippen LogP contribution in [0.2, 0.25) is 0 Å². The predicted molar refractivity (Wildman–Crippen MR) is 76.0 cm³/mol. The Hall–Kier alpha value is -1.13. The van der Waals surface area contributed by atoms with Crippen LogP contribution in [0.4, 0.5) is 0 Å². The molecule has 3 nitrogen and oxygen atoms in total. The molecule has 0 fully saturated rings. The van der Waals surface area contributed by atoms with E-state index < -0.39 is 0 Å². The van der Waals surface area contributed by atoms with Gasteiger partial charge in [0, 0.05) is 18.1 Å². The van der Waals surface area contributed by atoms with E-state index in [1.807, 2.05) is 0 Å². The Labute approximate surface area is 112 Å². The molecule has 0 aliphatic heterocycles. The van der Waals surface area contributed by atoms with Crippen molar-refractivity contribution in [2.24, 2.45) is 5.92 Å². The first-order valence-corrected chi connectivity index (χ1v) is 7.49. The number of allylic oxidation sites excluding steroid dienone is 2. The standard InChI is InChI=1S/C14H19N3S/c1-11-13(17-7-8-18-14(17)16-11)10-15-9-12-5-3-2-4-6-12/h2-3,7-8,12,15H,4-6,9-10H2,1H3. The smallest absolute Gasteiger partial charge is 0.194 e. The number of hydrogen-bond acceptors (Lipinski definition) is 3. The summed E-state index contributed by atoms with van der Waals surface area (Å²) in [5.74, 6) is 0.807. The Bertz CT molecular complexity index is 552. The Morgan fingerprint density at radius 3 is 3.28 bits per heavy atom. The third-order valence-electron chi connectivity index (χ3n) is 3.66. The Morgan fingerprint density at radius 1 is 1.50 bits per heavy atom. The first-order valence-electron chi connectivity index (χ1n) is 6.61. The second kappa shape index (κ2) is 5.24. The molecular weight excluding hydrogens is 242 g/mol. The van der Waals surface area contributed by atoms with Gasteiger partial charge in [-0.3, -0.25) is 4.40 Å². The minimum absolute atomic E-state index is 0.807. The van der Waals surface area contributed by atoms with Crippen LogP contribution in [-0.2, 0) is 6.54 Å². The van der Waals surface area contributed by atoms with Gasteiger partial charge >= 0.3 is 0 Å². The van der Waals surface area contributed by atoms with Crippen LogP contribution < -0.4 is 5.32 Å². The topological polar surface area (TPSA) is 29.3 Å². The quantitative estimate of drug-likeness (QED) is 0.857. The molecule has 1 aliphatic carbocycles. The van der Waals surface area contributed by atoms with Crippen molar-refractivity contribution in [3.63, 3.8) is 0 Å². The summed E-state index contributed by atoms with van der Waals surface area (Å²) in [5, 5.41) is 5.68. The lowest BCUT2D eigenvalue weighted by Crippen LogP contribution is -2.24. The maximum atomic E-state index is 4.57. The summed E-state index contributed by atoms with van der Waals surface area (Å²) in [5.41, 5.74) is 2.45. The van der Waals surface area contributed by atoms with Gasteiger partial charge in [-0.15, -0.1) is 11.3 Å². The highest BCUT2D eigenvalue weighted by Gasteiger charge is 2.12. The largest absolute Gasteiger partial charge is 0.311 e. The van der Waals surface area contributed by atoms with E-state index in [2.05, 4.69) is 45.4 Å². The maximum absolute atomic E-state index is 4.57. The highest BCUT2D eigenvalue weighted by Crippen LogP contribution is 2.19. The summed E-state index contributed by atoms with van der Waals surface area (Å²) in [6.07, 6.45) is 10.5. The van der Waals surface area contributed by atoms with Crippen molar-refractivity contribution >= 4 is 16.3 Å². The van der Waals surface area contributed by atoms with Crippen molar-refractivity contribution in [3.8, 4) is 0 Å². The van der Waals surface area contributed by atoms with E-state index in [1.165, 1.54) is 25.0 Å². The molecule has 0 saturated carbocycles. The van der Waals surface area contributed by atoms with E-state index in [1.54, 1.807) is 11.3 Å². The Kier molecular flexibility index (Phi) is 3.48. The monoisotopic (exact) mass is 261 g/mol. The lowest BCUT2D eigenvalue weighted by Gasteiger charge is -2.18. The maximum Gasteiger partial charge on any atom is 0.194 e. The molecule has 0 saturated heterocycles. The molecule has 4 heteroatoms. The molecule has 0 spiro atoms. The minimum atomic E-state index is 0.807. The van der Waals surface area contributed by atoms with Crippen LogP contribution >= 0.6 is 11.3 Å². The number of thiazole rings is 1. The number of hydrogen-bond donors (Lipinski definition) is 1. The number of nitrogens with zero attached hydrogens (tertiary/aromatic N) is 2. The van der Waals surface area contributed by atoms with Gasteiger partial charge in [-0.2, -0.15) is 0 Å². The SMILES string of the molecule is Cc1nc2sccn2c1CNCC1CC=CCC1.